The summed E-state index contributed by atoms with van der Waals surface area (Å²) in [5.41, 5.74) is 2.18. The maximum Gasteiger partial charge on any atom is 0.305 e. The fourth-order valence-electron chi connectivity index (χ4n) is 6.13. The highest BCUT2D eigenvalue weighted by atomic mass is 32.2. The van der Waals surface area contributed by atoms with Gasteiger partial charge in [-0.05, 0) is 67.9 Å². The maximum atomic E-state index is 14.3. The summed E-state index contributed by atoms with van der Waals surface area (Å²) >= 11 is 0. The van der Waals surface area contributed by atoms with E-state index in [1.54, 1.807) is 23.6 Å². The van der Waals surface area contributed by atoms with Crippen LogP contribution in [0.4, 0.5) is 0 Å². The monoisotopic (exact) mass is 724 g/mol. The van der Waals surface area contributed by atoms with Gasteiger partial charge in [-0.3, -0.25) is 14.7 Å². The van der Waals surface area contributed by atoms with Gasteiger partial charge < -0.3 is 19.9 Å². The number of nitrogens with zero attached hydrogens (tertiary/aromatic N) is 3. The zero-order chi connectivity index (χ0) is 38.1. The first-order chi connectivity index (χ1) is 23.5. The van der Waals surface area contributed by atoms with Gasteiger partial charge in [0.25, 0.3) is 5.91 Å². The van der Waals surface area contributed by atoms with Crippen LogP contribution in [0.2, 0.25) is 0 Å². The molecule has 0 saturated carbocycles. The molecule has 0 radical (unpaired) electrons. The van der Waals surface area contributed by atoms with Crippen LogP contribution < -0.4 is 19.5 Å². The summed E-state index contributed by atoms with van der Waals surface area (Å²) in [5, 5.41) is 23.5. The molecule has 2 atom stereocenters. The van der Waals surface area contributed by atoms with Crippen molar-refractivity contribution in [3.8, 4) is 17.2 Å². The maximum absolute atomic E-state index is 14.3. The van der Waals surface area contributed by atoms with Gasteiger partial charge in [-0.2, -0.15) is 0 Å². The minimum absolute atomic E-state index is 0.0269. The first kappa shape index (κ1) is 39.4. The Morgan fingerprint density at radius 2 is 1.63 bits per heavy atom. The number of sulfonamides is 1. The second kappa shape index (κ2) is 14.7. The van der Waals surface area contributed by atoms with Gasteiger partial charge in [0.15, 0.2) is 17.7 Å². The van der Waals surface area contributed by atoms with Gasteiger partial charge in [-0.1, -0.05) is 79.2 Å². The van der Waals surface area contributed by atoms with E-state index in [0.717, 1.165) is 23.2 Å². The molecule has 2 heterocycles. The summed E-state index contributed by atoms with van der Waals surface area (Å²) in [6.07, 6.45) is -0.610. The molecule has 14 heteroatoms. The molecule has 4 N–H and O–H groups in total. The fraction of sp³-hybridized carbons (Fsp3) is 0.514. The van der Waals surface area contributed by atoms with Crippen LogP contribution in [0.3, 0.4) is 0 Å². The van der Waals surface area contributed by atoms with E-state index < -0.39 is 39.5 Å². The Bertz CT molecular complexity index is 1980. The topological polar surface area (TPSA) is 177 Å². The number of benzene rings is 2. The summed E-state index contributed by atoms with van der Waals surface area (Å²) in [7, 11) is -4.31. The number of hydrogen-bond acceptors (Lipinski definition) is 8. The van der Waals surface area contributed by atoms with Crippen LogP contribution in [0.5, 0.6) is 17.2 Å². The molecule has 278 valence electrons. The molecule has 2 aromatic heterocycles. The molecule has 0 spiro atoms. The van der Waals surface area contributed by atoms with Gasteiger partial charge in [-0.15, -0.1) is 10.2 Å². The molecule has 4 rings (SSSR count). The number of hydrogen-bond donors (Lipinski definition) is 4. The lowest BCUT2D eigenvalue weighted by molar-refractivity contribution is -0.137. The number of carboxylic acid groups (broad SMARTS) is 1. The van der Waals surface area contributed by atoms with Crippen molar-refractivity contribution in [2.75, 3.05) is 6.54 Å². The molecule has 2 unspecified atom stereocenters. The van der Waals surface area contributed by atoms with Crippen LogP contribution in [-0.4, -0.2) is 57.9 Å². The SMILES string of the molecule is Cc1ccc(Oc2c(C(C)(C)C)[nH]n3c(C(C)NS(=O)(=O)c4cc(C(C)(C)CC(C)(C)C)ccc4OC(C)C(=O)NCCC(=O)O)nnc23)cc1. The number of aromatic nitrogens is 4. The van der Waals surface area contributed by atoms with E-state index in [-0.39, 0.29) is 34.4 Å². The lowest BCUT2D eigenvalue weighted by atomic mass is 9.72. The van der Waals surface area contributed by atoms with Crippen molar-refractivity contribution in [3.05, 3.63) is 65.1 Å². The molecular formula is C37H52N6O7S. The van der Waals surface area contributed by atoms with E-state index in [2.05, 4.69) is 60.0 Å². The van der Waals surface area contributed by atoms with Crippen LogP contribution in [0.25, 0.3) is 5.65 Å². The van der Waals surface area contributed by atoms with E-state index in [4.69, 9.17) is 14.6 Å². The quantitative estimate of drug-likeness (QED) is 0.112. The lowest BCUT2D eigenvalue weighted by Gasteiger charge is -2.33. The van der Waals surface area contributed by atoms with Crippen molar-refractivity contribution in [3.63, 3.8) is 0 Å². The summed E-state index contributed by atoms with van der Waals surface area (Å²) in [4.78, 5) is 23.5. The van der Waals surface area contributed by atoms with Crippen molar-refractivity contribution in [2.24, 2.45) is 5.41 Å². The molecule has 0 saturated heterocycles. The number of aryl methyl sites for hydroxylation is 1. The Hall–Kier alpha value is -4.43. The Morgan fingerprint density at radius 1 is 0.980 bits per heavy atom. The summed E-state index contributed by atoms with van der Waals surface area (Å²) in [5.74, 6) is -0.247. The van der Waals surface area contributed by atoms with Gasteiger partial charge >= 0.3 is 5.97 Å². The van der Waals surface area contributed by atoms with E-state index in [1.807, 2.05) is 58.0 Å². The highest BCUT2D eigenvalue weighted by molar-refractivity contribution is 7.89. The number of rotatable bonds is 14. The predicted octanol–water partition coefficient (Wildman–Crippen LogP) is 6.57. The molecule has 4 aromatic rings. The first-order valence-electron chi connectivity index (χ1n) is 17.0. The fourth-order valence-corrected chi connectivity index (χ4v) is 7.49. The van der Waals surface area contributed by atoms with Crippen molar-refractivity contribution >= 4 is 27.5 Å². The zero-order valence-electron chi connectivity index (χ0n) is 31.5. The number of carboxylic acids is 1. The number of nitrogens with one attached hydrogen (secondary N) is 3. The second-order valence-electron chi connectivity index (χ2n) is 16.0. The number of carbonyl (C=O) groups is 2. The van der Waals surface area contributed by atoms with Crippen molar-refractivity contribution in [2.45, 2.75) is 117 Å². The van der Waals surface area contributed by atoms with Crippen molar-refractivity contribution in [1.29, 1.82) is 0 Å². The number of H-pyrrole nitrogens is 1. The minimum Gasteiger partial charge on any atom is -0.481 e. The Balaban J connectivity index is 1.72. The highest BCUT2D eigenvalue weighted by Crippen LogP contribution is 2.40. The third-order valence-electron chi connectivity index (χ3n) is 8.35. The van der Waals surface area contributed by atoms with E-state index in [0.29, 0.717) is 23.0 Å². The molecule has 0 fully saturated rings. The Kier molecular flexibility index (Phi) is 11.3. The molecule has 0 aliphatic carbocycles. The van der Waals surface area contributed by atoms with Crippen LogP contribution in [0, 0.1) is 12.3 Å². The molecule has 1 amide bonds. The van der Waals surface area contributed by atoms with Crippen LogP contribution in [0.1, 0.15) is 111 Å². The van der Waals surface area contributed by atoms with Crippen LogP contribution >= 0.6 is 0 Å². The molecule has 51 heavy (non-hydrogen) atoms. The van der Waals surface area contributed by atoms with Crippen molar-refractivity contribution < 1.29 is 32.6 Å². The molecule has 0 aliphatic rings. The third kappa shape index (κ3) is 9.67. The van der Waals surface area contributed by atoms with E-state index in [1.165, 1.54) is 6.92 Å². The standard InChI is InChI=1S/C37H52N6O7S/c1-22-12-15-26(16-13-22)50-30-31(36(7,8)9)41-43-32(39-40-33(30)43)23(2)42-51(47,48)28-20-25(37(10,11)21-35(4,5)6)14-17-27(28)49-24(3)34(46)38-19-18-29(44)45/h12-17,20,23-24,41-42H,18-19,21H2,1-11H3,(H,38,46)(H,44,45). The third-order valence-corrected chi connectivity index (χ3v) is 9.91. The highest BCUT2D eigenvalue weighted by Gasteiger charge is 2.34. The summed E-state index contributed by atoms with van der Waals surface area (Å²) < 4.78 is 45.3. The molecule has 0 aliphatic heterocycles. The Morgan fingerprint density at radius 3 is 2.22 bits per heavy atom. The summed E-state index contributed by atoms with van der Waals surface area (Å²) in [6.45, 7) is 21.6. The number of aromatic amines is 1. The summed E-state index contributed by atoms with van der Waals surface area (Å²) in [6, 6.07) is 11.7. The zero-order valence-corrected chi connectivity index (χ0v) is 32.3. The Labute approximate surface area is 300 Å². The average molecular weight is 725 g/mol. The second-order valence-corrected chi connectivity index (χ2v) is 17.7. The van der Waals surface area contributed by atoms with Crippen molar-refractivity contribution in [1.82, 2.24) is 29.9 Å². The number of ether oxygens (including phenoxy) is 2. The number of carbonyl (C=O) groups excluding carboxylic acids is 1. The van der Waals surface area contributed by atoms with Crippen LogP contribution in [-0.2, 0) is 30.4 Å². The van der Waals surface area contributed by atoms with E-state index in [9.17, 15) is 18.0 Å². The molecule has 2 aromatic carbocycles. The molecule has 13 nitrogen and oxygen atoms in total. The smallest absolute Gasteiger partial charge is 0.305 e. The molecular weight excluding hydrogens is 673 g/mol. The number of aliphatic carboxylic acids is 1. The number of amides is 1. The minimum atomic E-state index is -4.31. The average Bonchev–Trinajstić information content (AvgIpc) is 3.57. The largest absolute Gasteiger partial charge is 0.481 e. The number of fused-ring (bicyclic) bond motifs is 1. The predicted molar refractivity (Wildman–Crippen MR) is 195 cm³/mol. The van der Waals surface area contributed by atoms with Gasteiger partial charge in [0, 0.05) is 12.0 Å². The van der Waals surface area contributed by atoms with Gasteiger partial charge in [0.2, 0.25) is 15.7 Å². The van der Waals surface area contributed by atoms with Gasteiger partial charge in [0.1, 0.15) is 16.4 Å². The van der Waals surface area contributed by atoms with Gasteiger partial charge in [-0.25, -0.2) is 17.7 Å². The van der Waals surface area contributed by atoms with Crippen LogP contribution in [0.15, 0.2) is 47.4 Å². The normalized spacial score (nSPS) is 13.9. The van der Waals surface area contributed by atoms with E-state index >= 15 is 0 Å². The first-order valence-corrected chi connectivity index (χ1v) is 18.5. The lowest BCUT2D eigenvalue weighted by Crippen LogP contribution is -2.38. The molecule has 0 bridgehead atoms. The van der Waals surface area contributed by atoms with Gasteiger partial charge in [0.05, 0.1) is 18.2 Å².